The second kappa shape index (κ2) is 13.4. The molecule has 0 aliphatic heterocycles. The van der Waals surface area contributed by atoms with Crippen LogP contribution in [0.2, 0.25) is 0 Å². The molecule has 2 nitrogen and oxygen atoms in total. The molecule has 9 aromatic carbocycles. The Labute approximate surface area is 315 Å². The van der Waals surface area contributed by atoms with Gasteiger partial charge in [0.15, 0.2) is 0 Å². The van der Waals surface area contributed by atoms with Gasteiger partial charge in [0, 0.05) is 27.6 Å². The predicted octanol–water partition coefficient (Wildman–Crippen LogP) is 14.4. The quantitative estimate of drug-likeness (QED) is 0.162. The third-order valence-corrected chi connectivity index (χ3v) is 10.6. The molecule has 0 saturated carbocycles. The molecule has 0 unspecified atom stereocenters. The van der Waals surface area contributed by atoms with E-state index in [-0.39, 0.29) is 0 Å². The summed E-state index contributed by atoms with van der Waals surface area (Å²) in [4.78, 5) is 2.51. The van der Waals surface area contributed by atoms with Gasteiger partial charge >= 0.3 is 0 Å². The van der Waals surface area contributed by atoms with Crippen LogP contribution in [0.4, 0.5) is 17.1 Å². The van der Waals surface area contributed by atoms with Gasteiger partial charge in [0.1, 0.15) is 0 Å². The number of rotatable bonds is 7. The summed E-state index contributed by atoms with van der Waals surface area (Å²) in [5.41, 5.74) is 13.9. The third-order valence-electron chi connectivity index (χ3n) is 10.6. The van der Waals surface area contributed by atoms with Gasteiger partial charge in [0.05, 0.1) is 28.1 Å². The largest absolute Gasteiger partial charge is 0.309 e. The van der Waals surface area contributed by atoms with Crippen molar-refractivity contribution in [1.29, 1.82) is 0 Å². The summed E-state index contributed by atoms with van der Waals surface area (Å²) >= 11 is 0. The number of hydrogen-bond donors (Lipinski definition) is 0. The Morgan fingerprint density at radius 3 is 1.67 bits per heavy atom. The molecule has 0 fully saturated rings. The number of aromatic nitrogens is 1. The van der Waals surface area contributed by atoms with E-state index in [1.54, 1.807) is 0 Å². The van der Waals surface area contributed by atoms with E-state index in [4.69, 9.17) is 0 Å². The summed E-state index contributed by atoms with van der Waals surface area (Å²) in [6.45, 7) is 0. The van der Waals surface area contributed by atoms with Crippen molar-refractivity contribution >= 4 is 49.6 Å². The predicted molar refractivity (Wildman–Crippen MR) is 229 cm³/mol. The van der Waals surface area contributed by atoms with Gasteiger partial charge in [-0.3, -0.25) is 0 Å². The van der Waals surface area contributed by atoms with Crippen molar-refractivity contribution in [3.8, 4) is 39.1 Å². The molecule has 0 saturated heterocycles. The van der Waals surface area contributed by atoms with E-state index in [1.807, 2.05) is 0 Å². The van der Waals surface area contributed by atoms with Gasteiger partial charge in [-0.05, 0) is 81.6 Å². The van der Waals surface area contributed by atoms with E-state index in [2.05, 4.69) is 228 Å². The first-order valence-corrected chi connectivity index (χ1v) is 18.5. The Morgan fingerprint density at radius 2 is 0.833 bits per heavy atom. The summed E-state index contributed by atoms with van der Waals surface area (Å²) in [6, 6.07) is 79.0. The minimum Gasteiger partial charge on any atom is -0.309 e. The number of nitrogens with zero attached hydrogens (tertiary/aromatic N) is 2. The lowest BCUT2D eigenvalue weighted by Gasteiger charge is -2.31. The van der Waals surface area contributed by atoms with Crippen LogP contribution in [0.3, 0.4) is 0 Å². The van der Waals surface area contributed by atoms with Gasteiger partial charge in [0.2, 0.25) is 0 Å². The molecule has 10 aromatic rings. The van der Waals surface area contributed by atoms with Crippen LogP contribution in [0.5, 0.6) is 0 Å². The van der Waals surface area contributed by atoms with Crippen molar-refractivity contribution in [3.63, 3.8) is 0 Å². The molecule has 0 N–H and O–H groups in total. The van der Waals surface area contributed by atoms with Crippen LogP contribution < -0.4 is 4.90 Å². The van der Waals surface area contributed by atoms with Crippen molar-refractivity contribution in [1.82, 2.24) is 4.57 Å². The maximum atomic E-state index is 2.51. The fourth-order valence-electron chi connectivity index (χ4n) is 8.20. The van der Waals surface area contributed by atoms with Crippen LogP contribution in [0.25, 0.3) is 71.6 Å². The third kappa shape index (κ3) is 5.36. The molecule has 0 bridgehead atoms. The highest BCUT2D eigenvalue weighted by atomic mass is 15.2. The molecule has 0 spiro atoms. The Hall–Kier alpha value is -7.16. The van der Waals surface area contributed by atoms with E-state index in [9.17, 15) is 0 Å². The fourth-order valence-corrected chi connectivity index (χ4v) is 8.20. The maximum absolute atomic E-state index is 2.51. The van der Waals surface area contributed by atoms with E-state index < -0.39 is 0 Å². The lowest BCUT2D eigenvalue weighted by Crippen LogP contribution is -2.13. The summed E-state index contributed by atoms with van der Waals surface area (Å²) in [6.07, 6.45) is 0. The van der Waals surface area contributed by atoms with Crippen molar-refractivity contribution in [2.75, 3.05) is 4.90 Å². The van der Waals surface area contributed by atoms with Gasteiger partial charge < -0.3 is 9.47 Å². The standard InChI is InChI=1S/C52H36N2/c1-3-18-37(19-4-1)39-22-15-23-40(36-39)43-27-9-12-31-47(43)54(48-32-13-10-28-45(48)44-30-16-21-38-20-7-8-26-42(38)44)51-35-17-34-50-52(51)46-29-11-14-33-49(46)53(50)41-24-5-2-6-25-41/h1-36H. The minimum atomic E-state index is 1.11. The number of anilines is 3. The highest BCUT2D eigenvalue weighted by molar-refractivity contribution is 6.17. The average molecular weight is 689 g/mol. The van der Waals surface area contributed by atoms with Crippen molar-refractivity contribution in [2.45, 2.75) is 0 Å². The van der Waals surface area contributed by atoms with Gasteiger partial charge in [0.25, 0.3) is 0 Å². The molecule has 1 aromatic heterocycles. The molecule has 0 aliphatic carbocycles. The molecule has 0 atom stereocenters. The number of hydrogen-bond acceptors (Lipinski definition) is 1. The Bertz CT molecular complexity index is 2930. The summed E-state index contributed by atoms with van der Waals surface area (Å²) in [5, 5.41) is 4.87. The molecule has 254 valence electrons. The van der Waals surface area contributed by atoms with Crippen LogP contribution in [0.1, 0.15) is 0 Å². The van der Waals surface area contributed by atoms with Gasteiger partial charge in [-0.25, -0.2) is 0 Å². The number of benzene rings is 9. The lowest BCUT2D eigenvalue weighted by atomic mass is 9.94. The smallest absolute Gasteiger partial charge is 0.0562 e. The number of fused-ring (bicyclic) bond motifs is 4. The molecule has 2 heteroatoms. The molecule has 0 radical (unpaired) electrons. The van der Waals surface area contributed by atoms with E-state index >= 15 is 0 Å². The van der Waals surface area contributed by atoms with E-state index in [0.717, 1.165) is 33.8 Å². The Morgan fingerprint density at radius 1 is 0.315 bits per heavy atom. The maximum Gasteiger partial charge on any atom is 0.0562 e. The van der Waals surface area contributed by atoms with Crippen LogP contribution in [-0.2, 0) is 0 Å². The topological polar surface area (TPSA) is 8.17 Å². The first-order chi connectivity index (χ1) is 26.8. The van der Waals surface area contributed by atoms with Gasteiger partial charge in [-0.2, -0.15) is 0 Å². The SMILES string of the molecule is c1ccc(-c2cccc(-c3ccccc3N(c3ccccc3-c3cccc4ccccc34)c3cccc4c3c3ccccc3n4-c3ccccc3)c2)cc1. The zero-order valence-electron chi connectivity index (χ0n) is 29.7. The van der Waals surface area contributed by atoms with Crippen molar-refractivity contribution in [3.05, 3.63) is 218 Å². The van der Waals surface area contributed by atoms with Crippen LogP contribution in [0, 0.1) is 0 Å². The average Bonchev–Trinajstić information content (AvgIpc) is 3.60. The van der Waals surface area contributed by atoms with Crippen molar-refractivity contribution < 1.29 is 0 Å². The molecular weight excluding hydrogens is 653 g/mol. The van der Waals surface area contributed by atoms with Crippen molar-refractivity contribution in [2.24, 2.45) is 0 Å². The van der Waals surface area contributed by atoms with E-state index in [1.165, 1.54) is 54.9 Å². The molecular formula is C52H36N2. The Kier molecular flexibility index (Phi) is 7.85. The molecule has 0 amide bonds. The second-order valence-electron chi connectivity index (χ2n) is 13.7. The summed E-state index contributed by atoms with van der Waals surface area (Å²) < 4.78 is 2.40. The second-order valence-corrected chi connectivity index (χ2v) is 13.7. The lowest BCUT2D eigenvalue weighted by molar-refractivity contribution is 1.18. The fraction of sp³-hybridized carbons (Fsp3) is 0. The van der Waals surface area contributed by atoms with Crippen LogP contribution in [0.15, 0.2) is 218 Å². The zero-order chi connectivity index (χ0) is 35.8. The first kappa shape index (κ1) is 31.6. The normalized spacial score (nSPS) is 11.3. The summed E-state index contributed by atoms with van der Waals surface area (Å²) in [5.74, 6) is 0. The van der Waals surface area contributed by atoms with E-state index in [0.29, 0.717) is 0 Å². The monoisotopic (exact) mass is 688 g/mol. The Balaban J connectivity index is 1.29. The number of para-hydroxylation sites is 4. The zero-order valence-corrected chi connectivity index (χ0v) is 29.7. The molecule has 0 aliphatic rings. The van der Waals surface area contributed by atoms with Crippen LogP contribution in [-0.4, -0.2) is 4.57 Å². The molecule has 10 rings (SSSR count). The highest BCUT2D eigenvalue weighted by Crippen LogP contribution is 2.49. The molecule has 1 heterocycles. The minimum absolute atomic E-state index is 1.11. The van der Waals surface area contributed by atoms with Gasteiger partial charge in [-0.15, -0.1) is 0 Å². The summed E-state index contributed by atoms with van der Waals surface area (Å²) in [7, 11) is 0. The highest BCUT2D eigenvalue weighted by Gasteiger charge is 2.25. The van der Waals surface area contributed by atoms with Crippen LogP contribution >= 0.6 is 0 Å². The van der Waals surface area contributed by atoms with Gasteiger partial charge in [-0.1, -0.05) is 170 Å². The molecule has 54 heavy (non-hydrogen) atoms. The first-order valence-electron chi connectivity index (χ1n) is 18.5.